The van der Waals surface area contributed by atoms with Gasteiger partial charge >= 0.3 is 5.69 Å². The minimum absolute atomic E-state index is 0.00376. The van der Waals surface area contributed by atoms with Gasteiger partial charge in [-0.2, -0.15) is 0 Å². The van der Waals surface area contributed by atoms with Gasteiger partial charge in [-0.05, 0) is 18.2 Å². The highest BCUT2D eigenvalue weighted by Gasteiger charge is 2.35. The number of fused-ring (bicyclic) bond motifs is 1. The summed E-state index contributed by atoms with van der Waals surface area (Å²) in [6.45, 7) is -0.378. The van der Waals surface area contributed by atoms with E-state index < -0.39 is 16.7 Å². The van der Waals surface area contributed by atoms with E-state index in [0.29, 0.717) is 11.1 Å². The summed E-state index contributed by atoms with van der Waals surface area (Å²) in [6.07, 6.45) is 0. The van der Waals surface area contributed by atoms with Crippen molar-refractivity contribution in [2.24, 2.45) is 0 Å². The topological polar surface area (TPSA) is 89.8 Å². The summed E-state index contributed by atoms with van der Waals surface area (Å²) >= 11 is 0. The Labute approximate surface area is 124 Å². The Bertz CT molecular complexity index is 752. The standard InChI is InChI=1S/C15H10N2O5/c18-14-10-5-1-2-6-11(10)15(19)16(14)9-22-13-8-4-3-7-12(13)17(20)21/h1-8H,9H2. The Balaban J connectivity index is 1.81. The van der Waals surface area contributed by atoms with Gasteiger partial charge in [-0.15, -0.1) is 0 Å². The fourth-order valence-electron chi connectivity index (χ4n) is 2.22. The second-order valence-corrected chi connectivity index (χ2v) is 4.58. The van der Waals surface area contributed by atoms with E-state index in [1.54, 1.807) is 30.3 Å². The van der Waals surface area contributed by atoms with Crippen molar-refractivity contribution in [1.82, 2.24) is 4.90 Å². The monoisotopic (exact) mass is 298 g/mol. The molecule has 7 nitrogen and oxygen atoms in total. The first kappa shape index (κ1) is 13.7. The van der Waals surface area contributed by atoms with Crippen LogP contribution < -0.4 is 4.74 Å². The number of carbonyl (C=O) groups is 2. The number of para-hydroxylation sites is 2. The fourth-order valence-corrected chi connectivity index (χ4v) is 2.22. The number of nitro benzene ring substituents is 1. The van der Waals surface area contributed by atoms with Crippen molar-refractivity contribution in [3.63, 3.8) is 0 Å². The van der Waals surface area contributed by atoms with Crippen LogP contribution in [0.1, 0.15) is 20.7 Å². The first-order valence-corrected chi connectivity index (χ1v) is 6.41. The Hall–Kier alpha value is -3.22. The SMILES string of the molecule is O=C1c2ccccc2C(=O)N1COc1ccccc1[N+](=O)[O-]. The maximum absolute atomic E-state index is 12.1. The van der Waals surface area contributed by atoms with Crippen LogP contribution >= 0.6 is 0 Å². The smallest absolute Gasteiger partial charge is 0.311 e. The number of nitro groups is 1. The highest BCUT2D eigenvalue weighted by molar-refractivity contribution is 6.21. The molecule has 0 saturated heterocycles. The zero-order valence-electron chi connectivity index (χ0n) is 11.3. The van der Waals surface area contributed by atoms with E-state index in [4.69, 9.17) is 4.74 Å². The van der Waals surface area contributed by atoms with Crippen molar-refractivity contribution in [2.75, 3.05) is 6.73 Å². The highest BCUT2D eigenvalue weighted by atomic mass is 16.6. The van der Waals surface area contributed by atoms with E-state index >= 15 is 0 Å². The minimum atomic E-state index is -0.586. The summed E-state index contributed by atoms with van der Waals surface area (Å²) in [5.74, 6) is -0.942. The third kappa shape index (κ3) is 2.18. The molecule has 0 radical (unpaired) electrons. The van der Waals surface area contributed by atoms with Crippen molar-refractivity contribution < 1.29 is 19.2 Å². The molecular weight excluding hydrogens is 288 g/mol. The van der Waals surface area contributed by atoms with E-state index in [1.165, 1.54) is 18.2 Å². The summed E-state index contributed by atoms with van der Waals surface area (Å²) in [5, 5.41) is 10.9. The van der Waals surface area contributed by atoms with Crippen LogP contribution in [0.2, 0.25) is 0 Å². The van der Waals surface area contributed by atoms with Gasteiger partial charge in [0.1, 0.15) is 0 Å². The maximum Gasteiger partial charge on any atom is 0.311 e. The van der Waals surface area contributed by atoms with Crippen molar-refractivity contribution in [1.29, 1.82) is 0 Å². The lowest BCUT2D eigenvalue weighted by Gasteiger charge is -2.14. The van der Waals surface area contributed by atoms with Crippen LogP contribution in [0.15, 0.2) is 48.5 Å². The lowest BCUT2D eigenvalue weighted by molar-refractivity contribution is -0.386. The summed E-state index contributed by atoms with van der Waals surface area (Å²) in [6, 6.07) is 12.2. The molecule has 2 amide bonds. The summed E-state index contributed by atoms with van der Waals surface area (Å²) in [4.78, 5) is 35.5. The molecule has 0 N–H and O–H groups in total. The molecule has 0 aliphatic carbocycles. The van der Waals surface area contributed by atoms with Gasteiger partial charge in [0.25, 0.3) is 11.8 Å². The molecule has 3 rings (SSSR count). The lowest BCUT2D eigenvalue weighted by atomic mass is 10.1. The van der Waals surface area contributed by atoms with Crippen LogP contribution in [0.3, 0.4) is 0 Å². The third-order valence-corrected chi connectivity index (χ3v) is 3.29. The van der Waals surface area contributed by atoms with Gasteiger partial charge in [0.15, 0.2) is 12.5 Å². The van der Waals surface area contributed by atoms with Crippen LogP contribution in [0.25, 0.3) is 0 Å². The molecule has 2 aromatic carbocycles. The van der Waals surface area contributed by atoms with E-state index in [9.17, 15) is 19.7 Å². The zero-order chi connectivity index (χ0) is 15.7. The molecule has 0 unspecified atom stereocenters. The molecule has 2 aromatic rings. The molecular formula is C15H10N2O5. The van der Waals surface area contributed by atoms with Crippen LogP contribution in [-0.2, 0) is 0 Å². The Morgan fingerprint density at radius 2 is 1.50 bits per heavy atom. The summed E-state index contributed by atoms with van der Waals surface area (Å²) in [5.41, 5.74) is 0.386. The first-order chi connectivity index (χ1) is 10.6. The van der Waals surface area contributed by atoms with Gasteiger partial charge in [0, 0.05) is 6.07 Å². The predicted octanol–water partition coefficient (Wildman–Crippen LogP) is 2.23. The minimum Gasteiger partial charge on any atom is -0.465 e. The van der Waals surface area contributed by atoms with Gasteiger partial charge in [-0.1, -0.05) is 24.3 Å². The van der Waals surface area contributed by atoms with Gasteiger partial charge < -0.3 is 4.74 Å². The number of imide groups is 1. The number of carbonyl (C=O) groups excluding carboxylic acids is 2. The van der Waals surface area contributed by atoms with Crippen molar-refractivity contribution >= 4 is 17.5 Å². The van der Waals surface area contributed by atoms with Crippen LogP contribution in [0, 0.1) is 10.1 Å². The Kier molecular flexibility index (Phi) is 3.30. The van der Waals surface area contributed by atoms with E-state index in [1.807, 2.05) is 0 Å². The molecule has 7 heteroatoms. The lowest BCUT2D eigenvalue weighted by Crippen LogP contribution is -2.33. The largest absolute Gasteiger partial charge is 0.465 e. The number of nitrogens with zero attached hydrogens (tertiary/aromatic N) is 2. The second kappa shape index (κ2) is 5.28. The fraction of sp³-hybridized carbons (Fsp3) is 0.0667. The molecule has 0 spiro atoms. The number of rotatable bonds is 4. The van der Waals surface area contributed by atoms with E-state index in [0.717, 1.165) is 4.90 Å². The molecule has 0 aromatic heterocycles. The molecule has 1 aliphatic rings. The molecule has 110 valence electrons. The van der Waals surface area contributed by atoms with Crippen molar-refractivity contribution in [3.8, 4) is 5.75 Å². The van der Waals surface area contributed by atoms with Gasteiger partial charge in [0.05, 0.1) is 16.1 Å². The zero-order valence-corrected chi connectivity index (χ0v) is 11.3. The van der Waals surface area contributed by atoms with Crippen LogP contribution in [0.4, 0.5) is 5.69 Å². The van der Waals surface area contributed by atoms with Gasteiger partial charge in [0.2, 0.25) is 0 Å². The Morgan fingerprint density at radius 3 is 2.09 bits per heavy atom. The van der Waals surface area contributed by atoms with Gasteiger partial charge in [-0.3, -0.25) is 19.7 Å². The number of benzene rings is 2. The number of hydrogen-bond donors (Lipinski definition) is 0. The number of ether oxygens (including phenoxy) is 1. The van der Waals surface area contributed by atoms with Gasteiger partial charge in [-0.25, -0.2) is 4.90 Å². The molecule has 0 fully saturated rings. The molecule has 1 heterocycles. The van der Waals surface area contributed by atoms with Crippen molar-refractivity contribution in [3.05, 3.63) is 69.8 Å². The summed E-state index contributed by atoms with van der Waals surface area (Å²) in [7, 11) is 0. The van der Waals surface area contributed by atoms with E-state index in [2.05, 4.69) is 0 Å². The number of amides is 2. The van der Waals surface area contributed by atoms with Crippen LogP contribution in [-0.4, -0.2) is 28.4 Å². The maximum atomic E-state index is 12.1. The quantitative estimate of drug-likeness (QED) is 0.490. The molecule has 0 bridgehead atoms. The molecule has 1 aliphatic heterocycles. The third-order valence-electron chi connectivity index (χ3n) is 3.29. The molecule has 0 saturated carbocycles. The van der Waals surface area contributed by atoms with E-state index in [-0.39, 0.29) is 18.2 Å². The Morgan fingerprint density at radius 1 is 0.955 bits per heavy atom. The second-order valence-electron chi connectivity index (χ2n) is 4.58. The first-order valence-electron chi connectivity index (χ1n) is 6.41. The van der Waals surface area contributed by atoms with Crippen LogP contribution in [0.5, 0.6) is 5.75 Å². The molecule has 22 heavy (non-hydrogen) atoms. The highest BCUT2D eigenvalue weighted by Crippen LogP contribution is 2.27. The summed E-state index contributed by atoms with van der Waals surface area (Å²) < 4.78 is 5.30. The average Bonchev–Trinajstić information content (AvgIpc) is 2.77. The number of hydrogen-bond acceptors (Lipinski definition) is 5. The van der Waals surface area contributed by atoms with Crippen molar-refractivity contribution in [2.45, 2.75) is 0 Å². The average molecular weight is 298 g/mol. The normalized spacial score (nSPS) is 13.2. The molecule has 0 atom stereocenters. The predicted molar refractivity (Wildman–Crippen MR) is 75.5 cm³/mol.